The number of methoxy groups -OCH3 is 1. The van der Waals surface area contributed by atoms with E-state index < -0.39 is 6.61 Å². The van der Waals surface area contributed by atoms with Crippen LogP contribution in [-0.2, 0) is 0 Å². The Kier molecular flexibility index (Phi) is 6.01. The average molecular weight is 289 g/mol. The summed E-state index contributed by atoms with van der Waals surface area (Å²) in [5.41, 5.74) is 0.0864. The Morgan fingerprint density at radius 2 is 2.10 bits per heavy atom. The zero-order valence-electron chi connectivity index (χ0n) is 12.0. The van der Waals surface area contributed by atoms with Crippen molar-refractivity contribution in [1.82, 2.24) is 0 Å². The molecule has 1 rings (SSSR count). The van der Waals surface area contributed by atoms with Gasteiger partial charge < -0.3 is 19.9 Å². The summed E-state index contributed by atoms with van der Waals surface area (Å²) in [6, 6.07) is 4.56. The summed E-state index contributed by atoms with van der Waals surface area (Å²) in [6.45, 7) is 1.42. The fourth-order valence-electron chi connectivity index (χ4n) is 1.57. The van der Waals surface area contributed by atoms with E-state index in [0.717, 1.165) is 6.42 Å². The van der Waals surface area contributed by atoms with Crippen molar-refractivity contribution in [3.63, 3.8) is 0 Å². The minimum atomic E-state index is -2.89. The van der Waals surface area contributed by atoms with Crippen LogP contribution in [0.3, 0.4) is 0 Å². The first-order chi connectivity index (χ1) is 9.44. The van der Waals surface area contributed by atoms with Crippen LogP contribution in [0.15, 0.2) is 18.2 Å². The van der Waals surface area contributed by atoms with Gasteiger partial charge >= 0.3 is 6.61 Å². The number of hydrogen-bond donors (Lipinski definition) is 2. The third kappa shape index (κ3) is 4.52. The number of anilines is 1. The van der Waals surface area contributed by atoms with Crippen LogP contribution in [0.4, 0.5) is 14.5 Å². The van der Waals surface area contributed by atoms with Crippen LogP contribution in [0, 0.1) is 5.41 Å². The number of nitrogens with one attached hydrogen (secondary N) is 1. The largest absolute Gasteiger partial charge is 0.497 e. The van der Waals surface area contributed by atoms with Crippen LogP contribution < -0.4 is 14.8 Å². The molecule has 1 unspecified atom stereocenters. The minimum Gasteiger partial charge on any atom is -0.497 e. The second-order valence-electron chi connectivity index (χ2n) is 4.92. The molecular weight excluding hydrogens is 268 g/mol. The van der Waals surface area contributed by atoms with Gasteiger partial charge in [-0.25, -0.2) is 0 Å². The van der Waals surface area contributed by atoms with Crippen molar-refractivity contribution >= 4 is 5.69 Å². The first kappa shape index (κ1) is 16.5. The first-order valence-electron chi connectivity index (χ1n) is 6.41. The van der Waals surface area contributed by atoms with E-state index in [1.165, 1.54) is 13.2 Å². The van der Waals surface area contributed by atoms with Gasteiger partial charge in [0.15, 0.2) is 0 Å². The molecule has 0 heterocycles. The van der Waals surface area contributed by atoms with E-state index in [2.05, 4.69) is 10.1 Å². The number of aliphatic hydroxyl groups is 1. The zero-order chi connectivity index (χ0) is 15.2. The van der Waals surface area contributed by atoms with Gasteiger partial charge in [0.2, 0.25) is 0 Å². The molecule has 2 N–H and O–H groups in total. The van der Waals surface area contributed by atoms with Gasteiger partial charge in [-0.2, -0.15) is 8.78 Å². The molecule has 0 aliphatic rings. The lowest BCUT2D eigenvalue weighted by Gasteiger charge is -2.27. The lowest BCUT2D eigenvalue weighted by molar-refractivity contribution is -0.0494. The first-order valence-corrected chi connectivity index (χ1v) is 6.41. The van der Waals surface area contributed by atoms with Crippen LogP contribution in [0.5, 0.6) is 11.5 Å². The molecule has 0 amide bonds. The van der Waals surface area contributed by atoms with Gasteiger partial charge in [0, 0.05) is 18.0 Å². The van der Waals surface area contributed by atoms with Crippen molar-refractivity contribution in [2.24, 2.45) is 5.41 Å². The maximum Gasteiger partial charge on any atom is 0.387 e. The van der Waals surface area contributed by atoms with Crippen molar-refractivity contribution in [3.05, 3.63) is 18.2 Å². The third-order valence-corrected chi connectivity index (χ3v) is 3.34. The molecule has 1 aromatic carbocycles. The van der Waals surface area contributed by atoms with Gasteiger partial charge in [-0.1, -0.05) is 13.8 Å². The highest BCUT2D eigenvalue weighted by Crippen LogP contribution is 2.32. The second kappa shape index (κ2) is 7.28. The summed E-state index contributed by atoms with van der Waals surface area (Å²) < 4.78 is 34.3. The number of aliphatic hydroxyl groups excluding tert-OH is 1. The normalized spacial score (nSPS) is 13.9. The van der Waals surface area contributed by atoms with Crippen molar-refractivity contribution in [2.45, 2.75) is 26.9 Å². The number of rotatable bonds is 8. The summed E-state index contributed by atoms with van der Waals surface area (Å²) in [5, 5.41) is 12.4. The summed E-state index contributed by atoms with van der Waals surface area (Å²) in [6.07, 6.45) is 0.755. The van der Waals surface area contributed by atoms with Gasteiger partial charge in [-0.3, -0.25) is 0 Å². The molecule has 0 fully saturated rings. The van der Waals surface area contributed by atoms with E-state index in [1.54, 1.807) is 12.1 Å². The topological polar surface area (TPSA) is 50.7 Å². The van der Waals surface area contributed by atoms with Crippen LogP contribution >= 0.6 is 0 Å². The zero-order valence-corrected chi connectivity index (χ0v) is 12.0. The van der Waals surface area contributed by atoms with Crippen LogP contribution in [-0.4, -0.2) is 32.0 Å². The summed E-state index contributed by atoms with van der Waals surface area (Å²) in [7, 11) is 1.50. The van der Waals surface area contributed by atoms with Gasteiger partial charge in [0.05, 0.1) is 19.4 Å². The smallest absolute Gasteiger partial charge is 0.387 e. The molecule has 0 aliphatic heterocycles. The Hall–Kier alpha value is -1.56. The fraction of sp³-hybridized carbons (Fsp3) is 0.571. The molecule has 0 aliphatic carbocycles. The van der Waals surface area contributed by atoms with Gasteiger partial charge in [-0.15, -0.1) is 0 Å². The molecule has 0 spiro atoms. The predicted octanol–water partition coefficient (Wildman–Crippen LogP) is 3.12. The molecule has 0 saturated carbocycles. The summed E-state index contributed by atoms with van der Waals surface area (Å²) in [4.78, 5) is 0. The lowest BCUT2D eigenvalue weighted by atomic mass is 9.88. The molecule has 0 aromatic heterocycles. The van der Waals surface area contributed by atoms with Crippen LogP contribution in [0.25, 0.3) is 0 Å². The number of hydrogen-bond acceptors (Lipinski definition) is 4. The lowest BCUT2D eigenvalue weighted by Crippen LogP contribution is -2.29. The number of ether oxygens (including phenoxy) is 2. The van der Waals surface area contributed by atoms with E-state index in [-0.39, 0.29) is 17.8 Å². The minimum absolute atomic E-state index is 0.00546. The van der Waals surface area contributed by atoms with Crippen LogP contribution in [0.1, 0.15) is 20.3 Å². The molecule has 0 bridgehead atoms. The molecule has 114 valence electrons. The second-order valence-corrected chi connectivity index (χ2v) is 4.92. The van der Waals surface area contributed by atoms with Gasteiger partial charge in [0.1, 0.15) is 11.5 Å². The SMILES string of the molecule is CCC(C)(CO)CNc1cc(OC)ccc1OC(F)F. The Bertz CT molecular complexity index is 423. The highest BCUT2D eigenvalue weighted by Gasteiger charge is 2.21. The van der Waals surface area contributed by atoms with Crippen LogP contribution in [0.2, 0.25) is 0 Å². The molecule has 1 aromatic rings. The number of benzene rings is 1. The van der Waals surface area contributed by atoms with Crippen molar-refractivity contribution in [1.29, 1.82) is 0 Å². The summed E-state index contributed by atoms with van der Waals surface area (Å²) in [5.74, 6) is 0.591. The summed E-state index contributed by atoms with van der Waals surface area (Å²) >= 11 is 0. The number of alkyl halides is 2. The Morgan fingerprint density at radius 1 is 1.40 bits per heavy atom. The van der Waals surface area contributed by atoms with E-state index in [9.17, 15) is 13.9 Å². The maximum absolute atomic E-state index is 12.4. The molecular formula is C14H21F2NO3. The molecule has 6 heteroatoms. The van der Waals surface area contributed by atoms with E-state index >= 15 is 0 Å². The van der Waals surface area contributed by atoms with E-state index in [0.29, 0.717) is 18.0 Å². The molecule has 0 radical (unpaired) electrons. The average Bonchev–Trinajstić information content (AvgIpc) is 2.45. The van der Waals surface area contributed by atoms with Gasteiger partial charge in [-0.05, 0) is 18.6 Å². The Labute approximate surface area is 117 Å². The predicted molar refractivity (Wildman–Crippen MR) is 73.6 cm³/mol. The highest BCUT2D eigenvalue weighted by molar-refractivity contribution is 5.59. The quantitative estimate of drug-likeness (QED) is 0.772. The van der Waals surface area contributed by atoms with Crippen molar-refractivity contribution in [2.75, 3.05) is 25.6 Å². The molecule has 4 nitrogen and oxygen atoms in total. The fourth-order valence-corrected chi connectivity index (χ4v) is 1.57. The van der Waals surface area contributed by atoms with Gasteiger partial charge in [0.25, 0.3) is 0 Å². The molecule has 20 heavy (non-hydrogen) atoms. The number of halogens is 2. The Balaban J connectivity index is 2.89. The van der Waals surface area contributed by atoms with E-state index in [1.807, 2.05) is 13.8 Å². The Morgan fingerprint density at radius 3 is 2.60 bits per heavy atom. The van der Waals surface area contributed by atoms with E-state index in [4.69, 9.17) is 4.74 Å². The molecule has 0 saturated heterocycles. The molecule has 1 atom stereocenters. The highest BCUT2D eigenvalue weighted by atomic mass is 19.3. The monoisotopic (exact) mass is 289 g/mol. The van der Waals surface area contributed by atoms with Crippen molar-refractivity contribution in [3.8, 4) is 11.5 Å². The maximum atomic E-state index is 12.4. The third-order valence-electron chi connectivity index (χ3n) is 3.34. The standard InChI is InChI=1S/C14H21F2NO3/c1-4-14(2,9-18)8-17-11-7-10(19-3)5-6-12(11)20-13(15)16/h5-7,13,17-18H,4,8-9H2,1-3H3. The van der Waals surface area contributed by atoms with Crippen molar-refractivity contribution < 1.29 is 23.4 Å².